The zero-order chi connectivity index (χ0) is 8.55. The van der Waals surface area contributed by atoms with E-state index in [1.165, 1.54) is 0 Å². The highest BCUT2D eigenvalue weighted by Crippen LogP contribution is 2.21. The molecule has 1 saturated heterocycles. The highest BCUT2D eigenvalue weighted by molar-refractivity contribution is 4.96. The van der Waals surface area contributed by atoms with Gasteiger partial charge in [-0.1, -0.05) is 5.16 Å². The summed E-state index contributed by atoms with van der Waals surface area (Å²) in [4.78, 5) is 4.08. The number of aromatic nitrogens is 2. The Labute approximate surface area is 69.8 Å². The zero-order valence-electron chi connectivity index (χ0n) is 6.82. The number of β-amino-alcohol motifs (C(OH)–C–C–N with tert-alkyl or cyclic N) is 1. The molecule has 66 valence electrons. The normalized spacial score (nSPS) is 29.5. The molecule has 2 N–H and O–H groups in total. The van der Waals surface area contributed by atoms with Gasteiger partial charge in [0.25, 0.3) is 0 Å². The van der Waals surface area contributed by atoms with Crippen LogP contribution in [0.3, 0.4) is 0 Å². The molecular weight excluding hydrogens is 158 g/mol. The van der Waals surface area contributed by atoms with E-state index in [1.54, 1.807) is 6.92 Å². The molecule has 5 nitrogen and oxygen atoms in total. The van der Waals surface area contributed by atoms with Crippen molar-refractivity contribution in [2.24, 2.45) is 0 Å². The Morgan fingerprint density at radius 3 is 3.00 bits per heavy atom. The number of aliphatic hydroxyl groups is 1. The number of hydrogen-bond donors (Lipinski definition) is 2. The molecule has 2 atom stereocenters. The second-order valence-corrected chi connectivity index (χ2v) is 3.03. The lowest BCUT2D eigenvalue weighted by Gasteiger charge is -2.01. The highest BCUT2D eigenvalue weighted by atomic mass is 16.5. The fourth-order valence-electron chi connectivity index (χ4n) is 1.36. The summed E-state index contributed by atoms with van der Waals surface area (Å²) in [6, 6.07) is 0.0289. The third kappa shape index (κ3) is 1.33. The Bertz CT molecular complexity index is 273. The molecule has 0 aliphatic carbocycles. The summed E-state index contributed by atoms with van der Waals surface area (Å²) in [6.07, 6.45) is 0.365. The Balaban J connectivity index is 2.11. The molecule has 2 rings (SSSR count). The van der Waals surface area contributed by atoms with Crippen LogP contribution in [0.2, 0.25) is 0 Å². The molecule has 1 aliphatic heterocycles. The average Bonchev–Trinajstić information content (AvgIpc) is 2.58. The molecule has 1 aliphatic rings. The number of aryl methyl sites for hydroxylation is 1. The first-order valence-corrected chi connectivity index (χ1v) is 3.97. The van der Waals surface area contributed by atoms with Crippen LogP contribution in [-0.4, -0.2) is 27.9 Å². The number of aliphatic hydroxyl groups excluding tert-OH is 1. The standard InChI is InChI=1S/C7H11N3O2/c1-4-9-7(12-10-4)6-2-5(11)3-8-6/h5-6,8,11H,2-3H2,1H3/t5-,6-/m1/s1. The fraction of sp³-hybridized carbons (Fsp3) is 0.714. The molecule has 1 aromatic rings. The smallest absolute Gasteiger partial charge is 0.243 e. The summed E-state index contributed by atoms with van der Waals surface area (Å²) in [5.41, 5.74) is 0. The van der Waals surface area contributed by atoms with Gasteiger partial charge in [-0.2, -0.15) is 4.98 Å². The van der Waals surface area contributed by atoms with Crippen LogP contribution in [-0.2, 0) is 0 Å². The molecule has 0 amide bonds. The molecular formula is C7H11N3O2. The van der Waals surface area contributed by atoms with Gasteiger partial charge in [0.2, 0.25) is 5.89 Å². The molecule has 0 spiro atoms. The van der Waals surface area contributed by atoms with Crippen LogP contribution in [0.25, 0.3) is 0 Å². The van der Waals surface area contributed by atoms with Crippen molar-refractivity contribution in [3.8, 4) is 0 Å². The summed E-state index contributed by atoms with van der Waals surface area (Å²) in [5, 5.41) is 16.0. The van der Waals surface area contributed by atoms with E-state index in [-0.39, 0.29) is 12.1 Å². The first-order valence-electron chi connectivity index (χ1n) is 3.97. The first-order chi connectivity index (χ1) is 5.75. The maximum atomic E-state index is 9.22. The third-order valence-corrected chi connectivity index (χ3v) is 1.95. The topological polar surface area (TPSA) is 71.2 Å². The van der Waals surface area contributed by atoms with Crippen molar-refractivity contribution in [2.45, 2.75) is 25.5 Å². The van der Waals surface area contributed by atoms with Crippen molar-refractivity contribution in [3.63, 3.8) is 0 Å². The maximum absolute atomic E-state index is 9.22. The summed E-state index contributed by atoms with van der Waals surface area (Å²) in [6.45, 7) is 2.38. The van der Waals surface area contributed by atoms with Crippen molar-refractivity contribution in [2.75, 3.05) is 6.54 Å². The lowest BCUT2D eigenvalue weighted by molar-refractivity contribution is 0.191. The van der Waals surface area contributed by atoms with Crippen LogP contribution >= 0.6 is 0 Å². The maximum Gasteiger partial charge on any atom is 0.243 e. The van der Waals surface area contributed by atoms with E-state index in [9.17, 15) is 5.11 Å². The lowest BCUT2D eigenvalue weighted by atomic mass is 10.2. The zero-order valence-corrected chi connectivity index (χ0v) is 6.82. The van der Waals surface area contributed by atoms with E-state index in [0.29, 0.717) is 24.7 Å². The van der Waals surface area contributed by atoms with E-state index in [4.69, 9.17) is 4.52 Å². The minimum absolute atomic E-state index is 0.0289. The monoisotopic (exact) mass is 169 g/mol. The van der Waals surface area contributed by atoms with Crippen LogP contribution in [0, 0.1) is 6.92 Å². The van der Waals surface area contributed by atoms with Crippen molar-refractivity contribution < 1.29 is 9.63 Å². The molecule has 0 aromatic carbocycles. The van der Waals surface area contributed by atoms with Crippen LogP contribution in [0.5, 0.6) is 0 Å². The fourth-order valence-corrected chi connectivity index (χ4v) is 1.36. The molecule has 0 radical (unpaired) electrons. The van der Waals surface area contributed by atoms with Crippen molar-refractivity contribution >= 4 is 0 Å². The van der Waals surface area contributed by atoms with Crippen molar-refractivity contribution in [1.82, 2.24) is 15.5 Å². The number of rotatable bonds is 1. The highest BCUT2D eigenvalue weighted by Gasteiger charge is 2.27. The SMILES string of the molecule is Cc1noc([C@H]2C[C@@H](O)CN2)n1. The van der Waals surface area contributed by atoms with E-state index in [1.807, 2.05) is 0 Å². The quantitative estimate of drug-likeness (QED) is 0.607. The Morgan fingerprint density at radius 1 is 1.67 bits per heavy atom. The van der Waals surface area contributed by atoms with Crippen LogP contribution < -0.4 is 5.32 Å². The largest absolute Gasteiger partial charge is 0.392 e. The minimum Gasteiger partial charge on any atom is -0.392 e. The number of nitrogens with one attached hydrogen (secondary N) is 1. The van der Waals surface area contributed by atoms with Gasteiger partial charge < -0.3 is 14.9 Å². The molecule has 0 saturated carbocycles. The van der Waals surface area contributed by atoms with Gasteiger partial charge in [-0.15, -0.1) is 0 Å². The van der Waals surface area contributed by atoms with Crippen molar-refractivity contribution in [3.05, 3.63) is 11.7 Å². The lowest BCUT2D eigenvalue weighted by Crippen LogP contribution is -2.15. The van der Waals surface area contributed by atoms with Crippen LogP contribution in [0.15, 0.2) is 4.52 Å². The van der Waals surface area contributed by atoms with Crippen LogP contribution in [0.4, 0.5) is 0 Å². The van der Waals surface area contributed by atoms with Gasteiger partial charge in [0.05, 0.1) is 12.1 Å². The Kier molecular flexibility index (Phi) is 1.82. The second kappa shape index (κ2) is 2.84. The van der Waals surface area contributed by atoms with Gasteiger partial charge in [0, 0.05) is 6.54 Å². The minimum atomic E-state index is -0.290. The van der Waals surface area contributed by atoms with Gasteiger partial charge in [-0.3, -0.25) is 0 Å². The van der Waals surface area contributed by atoms with Crippen LogP contribution in [0.1, 0.15) is 24.2 Å². The molecule has 1 aromatic heterocycles. The van der Waals surface area contributed by atoms with Crippen molar-refractivity contribution in [1.29, 1.82) is 0 Å². The van der Waals surface area contributed by atoms with E-state index >= 15 is 0 Å². The van der Waals surface area contributed by atoms with Gasteiger partial charge in [-0.25, -0.2) is 0 Å². The van der Waals surface area contributed by atoms with Gasteiger partial charge in [-0.05, 0) is 13.3 Å². The Hall–Kier alpha value is -0.940. The Morgan fingerprint density at radius 2 is 2.50 bits per heavy atom. The summed E-state index contributed by atoms with van der Waals surface area (Å²) < 4.78 is 4.96. The number of nitrogens with zero attached hydrogens (tertiary/aromatic N) is 2. The third-order valence-electron chi connectivity index (χ3n) is 1.95. The van der Waals surface area contributed by atoms with Gasteiger partial charge in [0.1, 0.15) is 0 Å². The average molecular weight is 169 g/mol. The molecule has 1 fully saturated rings. The number of hydrogen-bond acceptors (Lipinski definition) is 5. The second-order valence-electron chi connectivity index (χ2n) is 3.03. The summed E-state index contributed by atoms with van der Waals surface area (Å²) >= 11 is 0. The van der Waals surface area contributed by atoms with Gasteiger partial charge >= 0.3 is 0 Å². The molecule has 5 heteroatoms. The first kappa shape index (κ1) is 7.70. The van der Waals surface area contributed by atoms with E-state index in [2.05, 4.69) is 15.5 Å². The molecule has 2 heterocycles. The molecule has 12 heavy (non-hydrogen) atoms. The predicted molar refractivity (Wildman–Crippen MR) is 40.4 cm³/mol. The molecule has 0 unspecified atom stereocenters. The van der Waals surface area contributed by atoms with E-state index < -0.39 is 0 Å². The van der Waals surface area contributed by atoms with Gasteiger partial charge in [0.15, 0.2) is 5.82 Å². The summed E-state index contributed by atoms with van der Waals surface area (Å²) in [7, 11) is 0. The predicted octanol–water partition coefficient (Wildman–Crippen LogP) is -0.227. The van der Waals surface area contributed by atoms with E-state index in [0.717, 1.165) is 0 Å². The summed E-state index contributed by atoms with van der Waals surface area (Å²) in [5.74, 6) is 1.21. The molecule has 0 bridgehead atoms.